The lowest BCUT2D eigenvalue weighted by Gasteiger charge is -2.34. The van der Waals surface area contributed by atoms with Gasteiger partial charge in [-0.1, -0.05) is 0 Å². The number of amides is 3. The van der Waals surface area contributed by atoms with Crippen LogP contribution in [0.25, 0.3) is 0 Å². The summed E-state index contributed by atoms with van der Waals surface area (Å²) in [5.41, 5.74) is 1.30. The zero-order valence-corrected chi connectivity index (χ0v) is 15.1. The van der Waals surface area contributed by atoms with E-state index in [-0.39, 0.29) is 17.8 Å². The molecule has 138 valence electrons. The number of carbonyl (C=O) groups excluding carboxylic acids is 2. The van der Waals surface area contributed by atoms with Crippen molar-refractivity contribution in [2.24, 2.45) is 0 Å². The molecule has 3 amide bonds. The molecule has 2 aromatic rings. The van der Waals surface area contributed by atoms with Crippen LogP contribution in [-0.4, -0.2) is 61.0 Å². The molecule has 0 bridgehead atoms. The molecule has 26 heavy (non-hydrogen) atoms. The Balaban J connectivity index is 1.34. The van der Waals surface area contributed by atoms with E-state index in [0.717, 1.165) is 25.2 Å². The van der Waals surface area contributed by atoms with Gasteiger partial charge in [0, 0.05) is 50.3 Å². The number of carbonyl (C=O) groups is 2. The van der Waals surface area contributed by atoms with Gasteiger partial charge in [-0.05, 0) is 35.7 Å². The number of hydrogen-bond donors (Lipinski definition) is 2. The van der Waals surface area contributed by atoms with Crippen LogP contribution in [0.5, 0.6) is 0 Å². The van der Waals surface area contributed by atoms with Gasteiger partial charge in [-0.25, -0.2) is 9.18 Å². The molecule has 2 heterocycles. The molecule has 1 fully saturated rings. The van der Waals surface area contributed by atoms with Crippen molar-refractivity contribution in [3.8, 4) is 0 Å². The van der Waals surface area contributed by atoms with E-state index in [1.165, 1.54) is 35.6 Å². The Morgan fingerprint density at radius 3 is 2.46 bits per heavy atom. The van der Waals surface area contributed by atoms with Crippen LogP contribution in [-0.2, 0) is 0 Å². The normalized spacial score (nSPS) is 14.9. The number of anilines is 1. The number of halogens is 1. The quantitative estimate of drug-likeness (QED) is 0.843. The Kier molecular flexibility index (Phi) is 6.19. The summed E-state index contributed by atoms with van der Waals surface area (Å²) < 4.78 is 12.8. The number of benzene rings is 1. The maximum absolute atomic E-state index is 12.8. The molecule has 3 rings (SSSR count). The lowest BCUT2D eigenvalue weighted by atomic mass is 10.2. The molecule has 0 unspecified atom stereocenters. The fraction of sp³-hybridized carbons (Fsp3) is 0.333. The van der Waals surface area contributed by atoms with Crippen molar-refractivity contribution >= 4 is 29.0 Å². The third kappa shape index (κ3) is 5.03. The van der Waals surface area contributed by atoms with Gasteiger partial charge in [0.2, 0.25) is 0 Å². The largest absolute Gasteiger partial charge is 0.337 e. The van der Waals surface area contributed by atoms with Gasteiger partial charge in [-0.3, -0.25) is 9.69 Å². The predicted octanol–water partition coefficient (Wildman–Crippen LogP) is 2.47. The van der Waals surface area contributed by atoms with Crippen molar-refractivity contribution in [1.82, 2.24) is 15.1 Å². The van der Waals surface area contributed by atoms with E-state index in [0.29, 0.717) is 25.3 Å². The first-order valence-corrected chi connectivity index (χ1v) is 9.40. The van der Waals surface area contributed by atoms with Crippen molar-refractivity contribution < 1.29 is 14.0 Å². The van der Waals surface area contributed by atoms with Crippen LogP contribution >= 0.6 is 11.3 Å². The van der Waals surface area contributed by atoms with Crippen LogP contribution in [0, 0.1) is 5.82 Å². The minimum atomic E-state index is -0.340. The standard InChI is InChI=1S/C18H21FN4O2S/c19-15-1-3-16(4-2-15)21-18(25)20-6-7-22-8-10-23(11-9-22)17(24)14-5-12-26-13-14/h1-5,12-13H,6-11H2,(H2,20,21,25). The summed E-state index contributed by atoms with van der Waals surface area (Å²) >= 11 is 1.52. The first-order valence-electron chi connectivity index (χ1n) is 8.46. The second-order valence-corrected chi connectivity index (χ2v) is 6.81. The number of rotatable bonds is 5. The third-order valence-corrected chi connectivity index (χ3v) is 4.93. The summed E-state index contributed by atoms with van der Waals surface area (Å²) in [4.78, 5) is 28.2. The number of piperazine rings is 1. The zero-order chi connectivity index (χ0) is 18.4. The lowest BCUT2D eigenvalue weighted by Crippen LogP contribution is -2.50. The number of nitrogens with one attached hydrogen (secondary N) is 2. The fourth-order valence-electron chi connectivity index (χ4n) is 2.78. The summed E-state index contributed by atoms with van der Waals surface area (Å²) in [7, 11) is 0. The smallest absolute Gasteiger partial charge is 0.319 e. The average Bonchev–Trinajstić information content (AvgIpc) is 3.18. The molecule has 8 heteroatoms. The van der Waals surface area contributed by atoms with E-state index >= 15 is 0 Å². The lowest BCUT2D eigenvalue weighted by molar-refractivity contribution is 0.0640. The van der Waals surface area contributed by atoms with Crippen LogP contribution in [0.15, 0.2) is 41.1 Å². The van der Waals surface area contributed by atoms with Crippen molar-refractivity contribution in [3.05, 3.63) is 52.5 Å². The summed E-state index contributed by atoms with van der Waals surface area (Å²) in [6.07, 6.45) is 0. The van der Waals surface area contributed by atoms with Gasteiger partial charge in [-0.15, -0.1) is 0 Å². The Labute approximate surface area is 155 Å². The molecule has 1 aliphatic heterocycles. The highest BCUT2D eigenvalue weighted by Gasteiger charge is 2.22. The van der Waals surface area contributed by atoms with Gasteiger partial charge in [-0.2, -0.15) is 11.3 Å². The molecule has 0 saturated carbocycles. The molecule has 1 aromatic heterocycles. The van der Waals surface area contributed by atoms with Gasteiger partial charge >= 0.3 is 6.03 Å². The average molecular weight is 376 g/mol. The van der Waals surface area contributed by atoms with Gasteiger partial charge in [0.15, 0.2) is 0 Å². The van der Waals surface area contributed by atoms with Crippen LogP contribution in [0.4, 0.5) is 14.9 Å². The van der Waals surface area contributed by atoms with E-state index in [1.54, 1.807) is 0 Å². The van der Waals surface area contributed by atoms with Gasteiger partial charge < -0.3 is 15.5 Å². The molecule has 6 nitrogen and oxygen atoms in total. The number of urea groups is 1. The van der Waals surface area contributed by atoms with Crippen LogP contribution in [0.2, 0.25) is 0 Å². The van der Waals surface area contributed by atoms with E-state index in [9.17, 15) is 14.0 Å². The highest BCUT2D eigenvalue weighted by molar-refractivity contribution is 7.08. The first-order chi connectivity index (χ1) is 12.6. The van der Waals surface area contributed by atoms with Gasteiger partial charge in [0.05, 0.1) is 5.56 Å². The molecular formula is C18H21FN4O2S. The number of thiophene rings is 1. The van der Waals surface area contributed by atoms with Crippen molar-refractivity contribution in [2.45, 2.75) is 0 Å². The minimum absolute atomic E-state index is 0.0858. The summed E-state index contributed by atoms with van der Waals surface area (Å²) in [5.74, 6) is -0.254. The summed E-state index contributed by atoms with van der Waals surface area (Å²) in [6.45, 7) is 4.18. The first kappa shape index (κ1) is 18.3. The van der Waals surface area contributed by atoms with Crippen LogP contribution in [0.3, 0.4) is 0 Å². The van der Waals surface area contributed by atoms with E-state index < -0.39 is 0 Å². The zero-order valence-electron chi connectivity index (χ0n) is 14.3. The van der Waals surface area contributed by atoms with Crippen molar-refractivity contribution in [2.75, 3.05) is 44.6 Å². The summed E-state index contributed by atoms with van der Waals surface area (Å²) in [6, 6.07) is 7.15. The molecule has 0 aliphatic carbocycles. The third-order valence-electron chi connectivity index (χ3n) is 4.24. The summed E-state index contributed by atoms with van der Waals surface area (Å²) in [5, 5.41) is 9.22. The van der Waals surface area contributed by atoms with Crippen LogP contribution in [0.1, 0.15) is 10.4 Å². The van der Waals surface area contributed by atoms with E-state index in [4.69, 9.17) is 0 Å². The highest BCUT2D eigenvalue weighted by atomic mass is 32.1. The Hall–Kier alpha value is -2.45. The predicted molar refractivity (Wildman–Crippen MR) is 100 cm³/mol. The monoisotopic (exact) mass is 376 g/mol. The van der Waals surface area contributed by atoms with E-state index in [2.05, 4.69) is 15.5 Å². The molecule has 1 aromatic carbocycles. The highest BCUT2D eigenvalue weighted by Crippen LogP contribution is 2.12. The topological polar surface area (TPSA) is 64.7 Å². The Morgan fingerprint density at radius 1 is 1.08 bits per heavy atom. The second-order valence-electron chi connectivity index (χ2n) is 6.03. The fourth-order valence-corrected chi connectivity index (χ4v) is 3.41. The molecular weight excluding hydrogens is 355 g/mol. The van der Waals surface area contributed by atoms with Crippen molar-refractivity contribution in [1.29, 1.82) is 0 Å². The molecule has 0 radical (unpaired) electrons. The maximum Gasteiger partial charge on any atom is 0.319 e. The van der Waals surface area contributed by atoms with Crippen LogP contribution < -0.4 is 10.6 Å². The minimum Gasteiger partial charge on any atom is -0.337 e. The molecule has 1 aliphatic rings. The molecule has 0 spiro atoms. The molecule has 1 saturated heterocycles. The van der Waals surface area contributed by atoms with Gasteiger partial charge in [0.1, 0.15) is 5.82 Å². The van der Waals surface area contributed by atoms with Crippen molar-refractivity contribution in [3.63, 3.8) is 0 Å². The second kappa shape index (κ2) is 8.77. The van der Waals surface area contributed by atoms with E-state index in [1.807, 2.05) is 21.7 Å². The Morgan fingerprint density at radius 2 is 1.81 bits per heavy atom. The SMILES string of the molecule is O=C(NCCN1CCN(C(=O)c2ccsc2)CC1)Nc1ccc(F)cc1. The number of nitrogens with zero attached hydrogens (tertiary/aromatic N) is 2. The molecule has 0 atom stereocenters. The maximum atomic E-state index is 12.8. The Bertz CT molecular complexity index is 728. The van der Waals surface area contributed by atoms with Gasteiger partial charge in [0.25, 0.3) is 5.91 Å². The molecule has 2 N–H and O–H groups in total. The number of hydrogen-bond acceptors (Lipinski definition) is 4.